The third kappa shape index (κ3) is 3.70. The minimum Gasteiger partial charge on any atom is -0.454 e. The van der Waals surface area contributed by atoms with Gasteiger partial charge >= 0.3 is 0 Å². The fourth-order valence-corrected chi connectivity index (χ4v) is 7.83. The van der Waals surface area contributed by atoms with E-state index in [1.807, 2.05) is 0 Å². The minimum atomic E-state index is -3.18. The second-order valence-electron chi connectivity index (χ2n) is 7.54. The summed E-state index contributed by atoms with van der Waals surface area (Å²) < 4.78 is 35.1. The molecule has 2 aromatic carbocycles. The number of nitrogens with zero attached hydrogens (tertiary/aromatic N) is 2. The number of ether oxygens (including phenoxy) is 2. The van der Waals surface area contributed by atoms with Crippen LogP contribution in [0.3, 0.4) is 0 Å². The number of hydrogen-bond donors (Lipinski definition) is 0. The van der Waals surface area contributed by atoms with E-state index in [0.29, 0.717) is 33.5 Å². The van der Waals surface area contributed by atoms with Crippen molar-refractivity contribution in [2.45, 2.75) is 18.2 Å². The number of ketones is 1. The van der Waals surface area contributed by atoms with Gasteiger partial charge in [-0.1, -0.05) is 23.9 Å². The summed E-state index contributed by atoms with van der Waals surface area (Å²) in [5, 5.41) is 0.197. The number of amides is 1. The first-order valence-corrected chi connectivity index (χ1v) is 12.3. The molecule has 1 amide bonds. The van der Waals surface area contributed by atoms with Crippen LogP contribution in [0.2, 0.25) is 0 Å². The molecule has 0 aromatic heterocycles. The van der Waals surface area contributed by atoms with Crippen molar-refractivity contribution >= 4 is 44.1 Å². The Kier molecular flexibility index (Phi) is 4.78. The fraction of sp³-hybridized carbons (Fsp3) is 0.286. The first kappa shape index (κ1) is 20.1. The second kappa shape index (κ2) is 7.38. The van der Waals surface area contributed by atoms with Crippen molar-refractivity contribution < 1.29 is 27.5 Å². The van der Waals surface area contributed by atoms with Crippen LogP contribution in [0.5, 0.6) is 11.5 Å². The number of sulfone groups is 1. The van der Waals surface area contributed by atoms with E-state index in [2.05, 4.69) is 4.99 Å². The van der Waals surface area contributed by atoms with E-state index < -0.39 is 15.7 Å². The fourth-order valence-electron chi connectivity index (χ4n) is 3.92. The quantitative estimate of drug-likeness (QED) is 0.647. The van der Waals surface area contributed by atoms with Crippen LogP contribution < -0.4 is 14.4 Å². The molecule has 0 N–H and O–H groups in total. The molecule has 2 saturated heterocycles. The molecule has 8 nitrogen and oxygen atoms in total. The monoisotopic (exact) mass is 458 g/mol. The standard InChI is InChI=1S/C21H18N2O6S2/c1-12(24)13-3-2-4-15(7-13)23-16-9-31(26,27)10-19(16)30-21(23)22-20(25)14-5-6-17-18(8-14)29-11-28-17/h2-8,16,19H,9-11H2,1H3/t16-,19-/m0/s1. The first-order valence-electron chi connectivity index (χ1n) is 9.61. The SMILES string of the molecule is CC(=O)c1cccc(N2C(=NC(=O)c3ccc4c(c3)OCO4)S[C@H]3CS(=O)(=O)C[C@@H]32)c1. The van der Waals surface area contributed by atoms with Crippen LogP contribution in [0.15, 0.2) is 47.5 Å². The molecule has 160 valence electrons. The Morgan fingerprint density at radius 1 is 1.06 bits per heavy atom. The Bertz CT molecular complexity index is 1240. The van der Waals surface area contributed by atoms with Gasteiger partial charge in [0, 0.05) is 22.1 Å². The largest absolute Gasteiger partial charge is 0.454 e. The zero-order valence-corrected chi connectivity index (χ0v) is 18.1. The van der Waals surface area contributed by atoms with E-state index >= 15 is 0 Å². The molecule has 3 heterocycles. The number of hydrogen-bond acceptors (Lipinski definition) is 7. The summed E-state index contributed by atoms with van der Waals surface area (Å²) in [6.45, 7) is 1.58. The van der Waals surface area contributed by atoms with Crippen molar-refractivity contribution in [3.8, 4) is 11.5 Å². The van der Waals surface area contributed by atoms with Gasteiger partial charge in [-0.05, 0) is 37.3 Å². The molecule has 0 aliphatic carbocycles. The zero-order chi connectivity index (χ0) is 21.8. The average Bonchev–Trinajstić information content (AvgIpc) is 3.39. The molecule has 0 bridgehead atoms. The summed E-state index contributed by atoms with van der Waals surface area (Å²) in [5.41, 5.74) is 1.50. The van der Waals surface area contributed by atoms with Gasteiger partial charge in [0.1, 0.15) is 0 Å². The number of amidine groups is 1. The van der Waals surface area contributed by atoms with Crippen molar-refractivity contribution in [1.29, 1.82) is 0 Å². The van der Waals surface area contributed by atoms with Crippen LogP contribution in [0.4, 0.5) is 5.69 Å². The first-order chi connectivity index (χ1) is 14.8. The summed E-state index contributed by atoms with van der Waals surface area (Å²) in [5.74, 6) is 0.505. The molecule has 2 aromatic rings. The Balaban J connectivity index is 1.53. The summed E-state index contributed by atoms with van der Waals surface area (Å²) in [6.07, 6.45) is 0. The number of Topliss-reactive ketones (excluding diaryl/α,β-unsaturated/α-hetero) is 1. The second-order valence-corrected chi connectivity index (χ2v) is 10.9. The van der Waals surface area contributed by atoms with E-state index in [4.69, 9.17) is 9.47 Å². The van der Waals surface area contributed by atoms with Gasteiger partial charge in [-0.15, -0.1) is 0 Å². The highest BCUT2D eigenvalue weighted by Gasteiger charge is 2.49. The lowest BCUT2D eigenvalue weighted by Gasteiger charge is -2.24. The minimum absolute atomic E-state index is 0.0216. The zero-order valence-electron chi connectivity index (χ0n) is 16.5. The maximum atomic E-state index is 12.9. The molecule has 0 spiro atoms. The smallest absolute Gasteiger partial charge is 0.279 e. The number of benzene rings is 2. The van der Waals surface area contributed by atoms with Gasteiger partial charge < -0.3 is 14.4 Å². The molecule has 0 radical (unpaired) electrons. The number of anilines is 1. The van der Waals surface area contributed by atoms with Crippen LogP contribution in [-0.4, -0.2) is 54.9 Å². The Labute approximate surface area is 183 Å². The van der Waals surface area contributed by atoms with Crippen molar-refractivity contribution in [2.24, 2.45) is 4.99 Å². The molecule has 0 saturated carbocycles. The van der Waals surface area contributed by atoms with Gasteiger partial charge in [-0.3, -0.25) is 9.59 Å². The maximum Gasteiger partial charge on any atom is 0.279 e. The summed E-state index contributed by atoms with van der Waals surface area (Å²) in [7, 11) is -3.18. The lowest BCUT2D eigenvalue weighted by molar-refractivity contribution is 0.0998. The van der Waals surface area contributed by atoms with E-state index in [-0.39, 0.29) is 35.4 Å². The summed E-state index contributed by atoms with van der Waals surface area (Å²) in [6, 6.07) is 11.5. The topological polar surface area (TPSA) is 102 Å². The normalized spacial score (nSPS) is 24.4. The van der Waals surface area contributed by atoms with Crippen LogP contribution in [0.1, 0.15) is 27.6 Å². The highest BCUT2D eigenvalue weighted by Crippen LogP contribution is 2.41. The van der Waals surface area contributed by atoms with E-state index in [1.54, 1.807) is 47.4 Å². The Morgan fingerprint density at radius 3 is 2.68 bits per heavy atom. The third-order valence-electron chi connectivity index (χ3n) is 5.41. The maximum absolute atomic E-state index is 12.9. The van der Waals surface area contributed by atoms with Crippen LogP contribution in [0, 0.1) is 0 Å². The Hall–Kier alpha value is -2.85. The van der Waals surface area contributed by atoms with Gasteiger partial charge in [0.25, 0.3) is 5.91 Å². The molecule has 2 atom stereocenters. The number of carbonyl (C=O) groups is 2. The van der Waals surface area contributed by atoms with Crippen molar-refractivity contribution in [1.82, 2.24) is 0 Å². The number of thioether (sulfide) groups is 1. The van der Waals surface area contributed by atoms with Crippen LogP contribution in [0.25, 0.3) is 0 Å². The molecule has 0 unspecified atom stereocenters. The van der Waals surface area contributed by atoms with E-state index in [1.165, 1.54) is 18.7 Å². The molecule has 5 rings (SSSR count). The van der Waals surface area contributed by atoms with Gasteiger partial charge in [0.05, 0.1) is 17.5 Å². The number of fused-ring (bicyclic) bond motifs is 2. The molecule has 2 fully saturated rings. The molecule has 10 heteroatoms. The lowest BCUT2D eigenvalue weighted by atomic mass is 10.1. The predicted molar refractivity (Wildman–Crippen MR) is 117 cm³/mol. The van der Waals surface area contributed by atoms with Crippen molar-refractivity contribution in [3.05, 3.63) is 53.6 Å². The number of carbonyl (C=O) groups excluding carboxylic acids is 2. The highest BCUT2D eigenvalue weighted by molar-refractivity contribution is 8.16. The summed E-state index contributed by atoms with van der Waals surface area (Å²) >= 11 is 1.28. The van der Waals surface area contributed by atoms with Gasteiger partial charge in [0.2, 0.25) is 6.79 Å². The Morgan fingerprint density at radius 2 is 1.87 bits per heavy atom. The highest BCUT2D eigenvalue weighted by atomic mass is 32.2. The number of aliphatic imine (C=N–C) groups is 1. The molecule has 3 aliphatic rings. The molecule has 3 aliphatic heterocycles. The summed E-state index contributed by atoms with van der Waals surface area (Å²) in [4.78, 5) is 30.9. The van der Waals surface area contributed by atoms with Crippen molar-refractivity contribution in [3.63, 3.8) is 0 Å². The van der Waals surface area contributed by atoms with Gasteiger partial charge in [-0.2, -0.15) is 4.99 Å². The van der Waals surface area contributed by atoms with Crippen LogP contribution >= 0.6 is 11.8 Å². The average molecular weight is 459 g/mol. The van der Waals surface area contributed by atoms with Crippen LogP contribution in [-0.2, 0) is 9.84 Å². The molecular weight excluding hydrogens is 440 g/mol. The lowest BCUT2D eigenvalue weighted by Crippen LogP contribution is -2.37. The van der Waals surface area contributed by atoms with Gasteiger partial charge in [-0.25, -0.2) is 8.42 Å². The molecule has 31 heavy (non-hydrogen) atoms. The van der Waals surface area contributed by atoms with Gasteiger partial charge in [0.15, 0.2) is 32.3 Å². The van der Waals surface area contributed by atoms with E-state index in [9.17, 15) is 18.0 Å². The number of rotatable bonds is 3. The van der Waals surface area contributed by atoms with E-state index in [0.717, 1.165) is 0 Å². The third-order valence-corrected chi connectivity index (χ3v) is 8.62. The molecular formula is C21H18N2O6S2. The van der Waals surface area contributed by atoms with Crippen molar-refractivity contribution in [2.75, 3.05) is 23.2 Å². The predicted octanol–water partition coefficient (Wildman–Crippen LogP) is 2.53.